The van der Waals surface area contributed by atoms with Crippen molar-refractivity contribution in [1.29, 1.82) is 0 Å². The maximum absolute atomic E-state index is 11.5. The average Bonchev–Trinajstić information content (AvgIpc) is 2.81. The molecule has 198 valence electrons. The molecule has 0 aliphatic carbocycles. The maximum atomic E-state index is 11.5. The number of esters is 3. The zero-order chi connectivity index (χ0) is 26.7. The van der Waals surface area contributed by atoms with Gasteiger partial charge in [-0.1, -0.05) is 26.3 Å². The number of rotatable bonds is 21. The lowest BCUT2D eigenvalue weighted by atomic mass is 9.92. The molecule has 10 heteroatoms. The molecular formula is C25H38O10. The molecular weight excluding hydrogens is 460 g/mol. The van der Waals surface area contributed by atoms with Gasteiger partial charge in [-0.25, -0.2) is 14.4 Å². The SMILES string of the molecule is C=COCC(COCCOC(=O)C(=C)C)(COCCOC(=O)C(=C)C)COCCOC(=O)C(=C)C. The molecule has 0 aliphatic heterocycles. The predicted molar refractivity (Wildman–Crippen MR) is 128 cm³/mol. The van der Waals surface area contributed by atoms with Crippen molar-refractivity contribution in [3.8, 4) is 0 Å². The lowest BCUT2D eigenvalue weighted by Crippen LogP contribution is -2.42. The maximum Gasteiger partial charge on any atom is 0.333 e. The van der Waals surface area contributed by atoms with E-state index in [1.165, 1.54) is 6.26 Å². The van der Waals surface area contributed by atoms with Crippen LogP contribution in [0.4, 0.5) is 0 Å². The summed E-state index contributed by atoms with van der Waals surface area (Å²) in [7, 11) is 0. The van der Waals surface area contributed by atoms with Gasteiger partial charge in [-0.15, -0.1) is 0 Å². The number of hydrogen-bond acceptors (Lipinski definition) is 10. The molecule has 35 heavy (non-hydrogen) atoms. The number of ether oxygens (including phenoxy) is 7. The molecule has 0 spiro atoms. The van der Waals surface area contributed by atoms with Crippen LogP contribution in [-0.2, 0) is 47.5 Å². The van der Waals surface area contributed by atoms with Gasteiger partial charge in [-0.05, 0) is 20.8 Å². The van der Waals surface area contributed by atoms with Gasteiger partial charge >= 0.3 is 17.9 Å². The highest BCUT2D eigenvalue weighted by atomic mass is 16.6. The molecule has 0 aliphatic rings. The fraction of sp³-hybridized carbons (Fsp3) is 0.560. The smallest absolute Gasteiger partial charge is 0.333 e. The summed E-state index contributed by atoms with van der Waals surface area (Å²) in [4.78, 5) is 34.5. The van der Waals surface area contributed by atoms with Crippen LogP contribution in [0.5, 0.6) is 0 Å². The number of carbonyl (C=O) groups is 3. The van der Waals surface area contributed by atoms with Crippen molar-refractivity contribution in [3.63, 3.8) is 0 Å². The molecule has 0 fully saturated rings. The largest absolute Gasteiger partial charge is 0.501 e. The Morgan fingerprint density at radius 2 is 0.914 bits per heavy atom. The minimum atomic E-state index is -0.788. The van der Waals surface area contributed by atoms with Crippen molar-refractivity contribution < 1.29 is 47.5 Å². The van der Waals surface area contributed by atoms with E-state index in [4.69, 9.17) is 33.2 Å². The molecule has 0 aromatic heterocycles. The summed E-state index contributed by atoms with van der Waals surface area (Å²) in [5, 5.41) is 0. The van der Waals surface area contributed by atoms with Crippen LogP contribution in [0.2, 0.25) is 0 Å². The lowest BCUT2D eigenvalue weighted by molar-refractivity contribution is -0.144. The highest BCUT2D eigenvalue weighted by Gasteiger charge is 2.33. The molecule has 0 amide bonds. The first kappa shape index (κ1) is 32.0. The van der Waals surface area contributed by atoms with Gasteiger partial charge in [-0.2, -0.15) is 0 Å². The Morgan fingerprint density at radius 1 is 0.600 bits per heavy atom. The Balaban J connectivity index is 4.93. The average molecular weight is 499 g/mol. The quantitative estimate of drug-likeness (QED) is 0.0768. The van der Waals surface area contributed by atoms with Crippen LogP contribution in [0.25, 0.3) is 0 Å². The summed E-state index contributed by atoms with van der Waals surface area (Å²) in [5.74, 6) is -1.51. The topological polar surface area (TPSA) is 116 Å². The van der Waals surface area contributed by atoms with Gasteiger partial charge in [0.2, 0.25) is 0 Å². The van der Waals surface area contributed by atoms with Gasteiger partial charge in [-0.3, -0.25) is 0 Å². The van der Waals surface area contributed by atoms with Gasteiger partial charge in [0, 0.05) is 16.7 Å². The molecule has 0 saturated carbocycles. The molecule has 0 bridgehead atoms. The number of hydrogen-bond donors (Lipinski definition) is 0. The molecule has 0 aromatic carbocycles. The molecule has 0 N–H and O–H groups in total. The van der Waals surface area contributed by atoms with Crippen LogP contribution >= 0.6 is 0 Å². The van der Waals surface area contributed by atoms with Crippen molar-refractivity contribution in [2.45, 2.75) is 20.8 Å². The Hall–Kier alpha value is -2.95. The van der Waals surface area contributed by atoms with Gasteiger partial charge in [0.25, 0.3) is 0 Å². The van der Waals surface area contributed by atoms with Gasteiger partial charge in [0.1, 0.15) is 19.8 Å². The van der Waals surface area contributed by atoms with Crippen LogP contribution in [-0.4, -0.2) is 84.0 Å². The molecule has 0 radical (unpaired) electrons. The van der Waals surface area contributed by atoms with Crippen molar-refractivity contribution in [1.82, 2.24) is 0 Å². The Labute approximate surface area is 207 Å². The Bertz CT molecular complexity index is 652. The summed E-state index contributed by atoms with van der Waals surface area (Å²) >= 11 is 0. The van der Waals surface area contributed by atoms with Crippen molar-refractivity contribution in [2.75, 3.05) is 66.1 Å². The fourth-order valence-corrected chi connectivity index (χ4v) is 2.30. The summed E-state index contributed by atoms with van der Waals surface area (Å²) in [6, 6.07) is 0. The van der Waals surface area contributed by atoms with Crippen molar-refractivity contribution in [2.24, 2.45) is 5.41 Å². The standard InChI is InChI=1S/C25H38O10/c1-8-29-15-25(16-30-9-12-33-22(26)19(2)3,17-31-10-13-34-23(27)20(4)5)18-32-11-14-35-24(28)21(6)7/h8H,1-2,4,6,9-18H2,3,5,7H3. The third-order valence-electron chi connectivity index (χ3n) is 4.16. The Kier molecular flexibility index (Phi) is 16.8. The van der Waals surface area contributed by atoms with Crippen molar-refractivity contribution in [3.05, 3.63) is 49.3 Å². The molecule has 0 atom stereocenters. The van der Waals surface area contributed by atoms with Gasteiger partial charge < -0.3 is 33.2 Å². The minimum Gasteiger partial charge on any atom is -0.501 e. The first-order valence-electron chi connectivity index (χ1n) is 11.0. The van der Waals surface area contributed by atoms with E-state index in [-0.39, 0.29) is 66.1 Å². The molecule has 0 aromatic rings. The first-order valence-corrected chi connectivity index (χ1v) is 11.0. The zero-order valence-corrected chi connectivity index (χ0v) is 21.1. The van der Waals surface area contributed by atoms with E-state index in [9.17, 15) is 14.4 Å². The van der Waals surface area contributed by atoms with Crippen molar-refractivity contribution >= 4 is 17.9 Å². The third kappa shape index (κ3) is 15.5. The van der Waals surface area contributed by atoms with Crippen LogP contribution in [0, 0.1) is 5.41 Å². The van der Waals surface area contributed by atoms with Gasteiger partial charge in [0.15, 0.2) is 0 Å². The molecule has 0 unspecified atom stereocenters. The van der Waals surface area contributed by atoms with E-state index in [1.807, 2.05) is 0 Å². The summed E-state index contributed by atoms with van der Waals surface area (Å²) < 4.78 is 37.6. The van der Waals surface area contributed by atoms with E-state index in [1.54, 1.807) is 20.8 Å². The van der Waals surface area contributed by atoms with Crippen LogP contribution in [0.3, 0.4) is 0 Å². The van der Waals surface area contributed by atoms with E-state index in [0.717, 1.165) is 0 Å². The molecule has 0 rings (SSSR count). The van der Waals surface area contributed by atoms with Gasteiger partial charge in [0.05, 0.1) is 57.9 Å². The summed E-state index contributed by atoms with van der Waals surface area (Å²) in [5.41, 5.74) is 0.0872. The van der Waals surface area contributed by atoms with E-state index < -0.39 is 23.3 Å². The highest BCUT2D eigenvalue weighted by molar-refractivity contribution is 5.87. The second-order valence-corrected chi connectivity index (χ2v) is 7.88. The Morgan fingerprint density at radius 3 is 1.17 bits per heavy atom. The van der Waals surface area contributed by atoms with Crippen LogP contribution in [0.15, 0.2) is 49.3 Å². The summed E-state index contributed by atoms with van der Waals surface area (Å²) in [6.45, 7) is 19.8. The fourth-order valence-electron chi connectivity index (χ4n) is 2.30. The molecule has 0 saturated heterocycles. The second-order valence-electron chi connectivity index (χ2n) is 7.88. The van der Waals surface area contributed by atoms with E-state index in [0.29, 0.717) is 16.7 Å². The normalized spacial score (nSPS) is 10.7. The highest BCUT2D eigenvalue weighted by Crippen LogP contribution is 2.21. The minimum absolute atomic E-state index is 0.0412. The van der Waals surface area contributed by atoms with E-state index in [2.05, 4.69) is 26.3 Å². The summed E-state index contributed by atoms with van der Waals surface area (Å²) in [6.07, 6.45) is 1.28. The first-order chi connectivity index (χ1) is 16.5. The predicted octanol–water partition coefficient (Wildman–Crippen LogP) is 2.54. The zero-order valence-electron chi connectivity index (χ0n) is 21.1. The monoisotopic (exact) mass is 498 g/mol. The molecule has 10 nitrogen and oxygen atoms in total. The second kappa shape index (κ2) is 18.4. The van der Waals surface area contributed by atoms with E-state index >= 15 is 0 Å². The third-order valence-corrected chi connectivity index (χ3v) is 4.16. The van der Waals surface area contributed by atoms with Crippen LogP contribution in [0.1, 0.15) is 20.8 Å². The lowest BCUT2D eigenvalue weighted by Gasteiger charge is -2.32. The van der Waals surface area contributed by atoms with Crippen LogP contribution < -0.4 is 0 Å². The number of carbonyl (C=O) groups excluding carboxylic acids is 3. The molecule has 0 heterocycles.